The second-order valence-electron chi connectivity index (χ2n) is 5.95. The van der Waals surface area contributed by atoms with E-state index in [4.69, 9.17) is 0 Å². The summed E-state index contributed by atoms with van der Waals surface area (Å²) in [6.07, 6.45) is 1.68. The molecule has 2 bridgehead atoms. The van der Waals surface area contributed by atoms with Gasteiger partial charge in [0.05, 0.1) is 12.1 Å². The Morgan fingerprint density at radius 1 is 1.38 bits per heavy atom. The summed E-state index contributed by atoms with van der Waals surface area (Å²) in [6.45, 7) is 1.90. The van der Waals surface area contributed by atoms with Crippen LogP contribution in [-0.4, -0.2) is 41.0 Å². The van der Waals surface area contributed by atoms with Gasteiger partial charge >= 0.3 is 0 Å². The lowest BCUT2D eigenvalue weighted by Crippen LogP contribution is -2.43. The standard InChI is InChI=1S/C17H20INO2/c1-3-14(20)16-13(10-4-6-11(18)7-5-10)8-12-9-15(21)17(16)19(12)2/h4-7,12,15,17,21H,3,8-9H2,1-2H3. The maximum atomic E-state index is 12.5. The Labute approximate surface area is 139 Å². The molecule has 4 heteroatoms. The molecule has 2 aliphatic rings. The summed E-state index contributed by atoms with van der Waals surface area (Å²) in [6, 6.07) is 8.55. The second-order valence-corrected chi connectivity index (χ2v) is 7.19. The van der Waals surface area contributed by atoms with Crippen LogP contribution in [0.4, 0.5) is 0 Å². The van der Waals surface area contributed by atoms with Crippen molar-refractivity contribution in [2.24, 2.45) is 0 Å². The molecule has 1 N–H and O–H groups in total. The number of hydrogen-bond acceptors (Lipinski definition) is 3. The highest BCUT2D eigenvalue weighted by molar-refractivity contribution is 14.1. The number of halogens is 1. The Bertz CT molecular complexity index is 593. The zero-order valence-corrected chi connectivity index (χ0v) is 14.5. The number of carbonyl (C=O) groups excluding carboxylic acids is 1. The van der Waals surface area contributed by atoms with E-state index >= 15 is 0 Å². The Morgan fingerprint density at radius 3 is 2.67 bits per heavy atom. The topological polar surface area (TPSA) is 40.5 Å². The van der Waals surface area contributed by atoms with Crippen LogP contribution in [0.2, 0.25) is 0 Å². The van der Waals surface area contributed by atoms with Gasteiger partial charge in [-0.2, -0.15) is 0 Å². The summed E-state index contributed by atoms with van der Waals surface area (Å²) in [4.78, 5) is 14.7. The molecule has 3 nitrogen and oxygen atoms in total. The van der Waals surface area contributed by atoms with Gasteiger partial charge < -0.3 is 5.11 Å². The average molecular weight is 397 g/mol. The van der Waals surface area contributed by atoms with Crippen LogP contribution in [-0.2, 0) is 4.79 Å². The van der Waals surface area contributed by atoms with Crippen LogP contribution >= 0.6 is 22.6 Å². The van der Waals surface area contributed by atoms with Gasteiger partial charge in [-0.15, -0.1) is 0 Å². The lowest BCUT2D eigenvalue weighted by atomic mass is 9.85. The minimum atomic E-state index is -0.424. The predicted molar refractivity (Wildman–Crippen MR) is 92.0 cm³/mol. The summed E-state index contributed by atoms with van der Waals surface area (Å²) in [5.74, 6) is 0.166. The summed E-state index contributed by atoms with van der Waals surface area (Å²) in [5, 5.41) is 10.4. The largest absolute Gasteiger partial charge is 0.391 e. The molecular weight excluding hydrogens is 377 g/mol. The van der Waals surface area contributed by atoms with Gasteiger partial charge in [-0.1, -0.05) is 19.1 Å². The van der Waals surface area contributed by atoms with Gasteiger partial charge in [-0.3, -0.25) is 9.69 Å². The van der Waals surface area contributed by atoms with E-state index < -0.39 is 6.10 Å². The van der Waals surface area contributed by atoms with Crippen molar-refractivity contribution in [3.05, 3.63) is 39.0 Å². The molecule has 1 saturated heterocycles. The van der Waals surface area contributed by atoms with Gasteiger partial charge in [0, 0.05) is 21.6 Å². The first-order valence-electron chi connectivity index (χ1n) is 7.45. The third kappa shape index (κ3) is 2.58. The maximum Gasteiger partial charge on any atom is 0.160 e. The van der Waals surface area contributed by atoms with E-state index in [1.54, 1.807) is 0 Å². The monoisotopic (exact) mass is 397 g/mol. The summed E-state index contributed by atoms with van der Waals surface area (Å²) in [7, 11) is 2.03. The van der Waals surface area contributed by atoms with Crippen LogP contribution in [0.5, 0.6) is 0 Å². The van der Waals surface area contributed by atoms with Crippen molar-refractivity contribution >= 4 is 33.9 Å². The highest BCUT2D eigenvalue weighted by Gasteiger charge is 2.46. The lowest BCUT2D eigenvalue weighted by molar-refractivity contribution is -0.116. The molecular formula is C17H20INO2. The number of fused-ring (bicyclic) bond motifs is 2. The van der Waals surface area contributed by atoms with Crippen molar-refractivity contribution in [1.29, 1.82) is 0 Å². The predicted octanol–water partition coefficient (Wildman–Crippen LogP) is 2.86. The van der Waals surface area contributed by atoms with Crippen LogP contribution in [0, 0.1) is 3.57 Å². The van der Waals surface area contributed by atoms with Gasteiger partial charge in [0.1, 0.15) is 0 Å². The van der Waals surface area contributed by atoms with Crippen LogP contribution in [0.3, 0.4) is 0 Å². The molecule has 112 valence electrons. The number of hydrogen-bond donors (Lipinski definition) is 1. The third-order valence-electron chi connectivity index (χ3n) is 4.77. The Hall–Kier alpha value is -0.720. The molecule has 1 aromatic rings. The van der Waals surface area contributed by atoms with Crippen molar-refractivity contribution < 1.29 is 9.90 Å². The lowest BCUT2D eigenvalue weighted by Gasteiger charge is -2.35. The number of likely N-dealkylation sites (N-methyl/N-ethyl adjacent to an activating group) is 1. The van der Waals surface area contributed by atoms with E-state index in [0.29, 0.717) is 12.5 Å². The molecule has 1 fully saturated rings. The molecule has 0 amide bonds. The third-order valence-corrected chi connectivity index (χ3v) is 5.49. The molecule has 2 aliphatic heterocycles. The number of ketones is 1. The van der Waals surface area contributed by atoms with E-state index in [1.807, 2.05) is 14.0 Å². The zero-order chi connectivity index (χ0) is 15.1. The molecule has 0 spiro atoms. The van der Waals surface area contributed by atoms with Gasteiger partial charge in [0.2, 0.25) is 0 Å². The van der Waals surface area contributed by atoms with Crippen molar-refractivity contribution in [3.63, 3.8) is 0 Å². The number of aliphatic hydroxyl groups excluding tert-OH is 1. The first-order chi connectivity index (χ1) is 10.0. The highest BCUT2D eigenvalue weighted by atomic mass is 127. The van der Waals surface area contributed by atoms with Gasteiger partial charge in [0.25, 0.3) is 0 Å². The minimum Gasteiger partial charge on any atom is -0.391 e. The molecule has 0 aromatic heterocycles. The smallest absolute Gasteiger partial charge is 0.160 e. The second kappa shape index (κ2) is 5.82. The van der Waals surface area contributed by atoms with E-state index in [9.17, 15) is 9.90 Å². The summed E-state index contributed by atoms with van der Waals surface area (Å²) >= 11 is 2.29. The molecule has 1 aromatic carbocycles. The summed E-state index contributed by atoms with van der Waals surface area (Å²) < 4.78 is 1.19. The summed E-state index contributed by atoms with van der Waals surface area (Å²) in [5.41, 5.74) is 3.11. The quantitative estimate of drug-likeness (QED) is 0.798. The van der Waals surface area contributed by atoms with E-state index in [-0.39, 0.29) is 11.8 Å². The average Bonchev–Trinajstić information content (AvgIpc) is 2.66. The van der Waals surface area contributed by atoms with Crippen molar-refractivity contribution in [3.8, 4) is 0 Å². The maximum absolute atomic E-state index is 12.5. The molecule has 0 radical (unpaired) electrons. The van der Waals surface area contributed by atoms with Crippen LogP contribution < -0.4 is 0 Å². The van der Waals surface area contributed by atoms with E-state index in [1.165, 1.54) is 3.57 Å². The minimum absolute atomic E-state index is 0.134. The molecule has 2 heterocycles. The number of nitrogens with zero attached hydrogens (tertiary/aromatic N) is 1. The van der Waals surface area contributed by atoms with Crippen LogP contribution in [0.25, 0.3) is 5.57 Å². The van der Waals surface area contributed by atoms with E-state index in [0.717, 1.165) is 29.6 Å². The SMILES string of the molecule is CCC(=O)C1=C(c2ccc(I)cc2)CC2CC(O)C1N2C. The molecule has 0 aliphatic carbocycles. The number of carbonyl (C=O) groups is 1. The number of rotatable bonds is 3. The number of Topliss-reactive ketones (excluding diaryl/α,β-unsaturated/α-hetero) is 1. The zero-order valence-electron chi connectivity index (χ0n) is 12.3. The molecule has 21 heavy (non-hydrogen) atoms. The first kappa shape index (κ1) is 15.2. The normalized spacial score (nSPS) is 29.0. The Morgan fingerprint density at radius 2 is 2.05 bits per heavy atom. The molecule has 3 unspecified atom stereocenters. The van der Waals surface area contributed by atoms with Crippen LogP contribution in [0.15, 0.2) is 29.8 Å². The van der Waals surface area contributed by atoms with Crippen molar-refractivity contribution in [2.45, 2.75) is 44.4 Å². The van der Waals surface area contributed by atoms with Gasteiger partial charge in [-0.25, -0.2) is 0 Å². The number of aliphatic hydroxyl groups is 1. The highest BCUT2D eigenvalue weighted by Crippen LogP contribution is 2.42. The first-order valence-corrected chi connectivity index (χ1v) is 8.53. The fourth-order valence-corrected chi connectivity index (χ4v) is 4.03. The fourth-order valence-electron chi connectivity index (χ4n) is 3.67. The van der Waals surface area contributed by atoms with E-state index in [2.05, 4.69) is 51.8 Å². The Balaban J connectivity index is 2.13. The molecule has 3 rings (SSSR count). The van der Waals surface area contributed by atoms with Gasteiger partial charge in [0.15, 0.2) is 5.78 Å². The Kier molecular flexibility index (Phi) is 4.21. The van der Waals surface area contributed by atoms with Crippen LogP contribution in [0.1, 0.15) is 31.7 Å². The number of benzene rings is 1. The van der Waals surface area contributed by atoms with Gasteiger partial charge in [-0.05, 0) is 65.7 Å². The molecule has 3 atom stereocenters. The fraction of sp³-hybridized carbons (Fsp3) is 0.471. The van der Waals surface area contributed by atoms with Crippen molar-refractivity contribution in [1.82, 2.24) is 4.90 Å². The molecule has 0 saturated carbocycles. The van der Waals surface area contributed by atoms with Crippen molar-refractivity contribution in [2.75, 3.05) is 7.05 Å².